The number of nitrogens with zero attached hydrogens (tertiary/aromatic N) is 1. The second-order valence-corrected chi connectivity index (χ2v) is 5.16. The molecule has 0 radical (unpaired) electrons. The first-order valence-electron chi connectivity index (χ1n) is 7.70. The van der Waals surface area contributed by atoms with E-state index in [9.17, 15) is 14.4 Å². The number of rotatable bonds is 8. The average molecular weight is 335 g/mol. The summed E-state index contributed by atoms with van der Waals surface area (Å²) in [7, 11) is 1.56. The third kappa shape index (κ3) is 5.24. The number of ether oxygens (including phenoxy) is 2. The van der Waals surface area contributed by atoms with E-state index in [1.165, 1.54) is 4.90 Å². The monoisotopic (exact) mass is 335 g/mol. The maximum atomic E-state index is 11.7. The minimum absolute atomic E-state index is 0.153. The number of anilines is 1. The van der Waals surface area contributed by atoms with Crippen molar-refractivity contribution in [3.8, 4) is 5.75 Å². The van der Waals surface area contributed by atoms with Crippen LogP contribution in [0, 0.1) is 0 Å². The molecule has 0 unspecified atom stereocenters. The van der Waals surface area contributed by atoms with Crippen LogP contribution in [0.2, 0.25) is 0 Å². The van der Waals surface area contributed by atoms with Gasteiger partial charge in [-0.15, -0.1) is 0 Å². The van der Waals surface area contributed by atoms with Gasteiger partial charge in [0.15, 0.2) is 0 Å². The summed E-state index contributed by atoms with van der Waals surface area (Å²) >= 11 is 0. The van der Waals surface area contributed by atoms with Crippen LogP contribution in [0.5, 0.6) is 5.75 Å². The van der Waals surface area contributed by atoms with E-state index >= 15 is 0 Å². The molecule has 1 aromatic rings. The van der Waals surface area contributed by atoms with Crippen molar-refractivity contribution in [2.24, 2.45) is 0 Å². The van der Waals surface area contributed by atoms with Crippen molar-refractivity contribution >= 4 is 23.5 Å². The highest BCUT2D eigenvalue weighted by Crippen LogP contribution is 2.16. The lowest BCUT2D eigenvalue weighted by Gasteiger charge is -2.13. The van der Waals surface area contributed by atoms with Crippen LogP contribution >= 0.6 is 0 Å². The van der Waals surface area contributed by atoms with Gasteiger partial charge in [0.05, 0.1) is 26.9 Å². The molecule has 130 valence electrons. The molecule has 4 amide bonds. The van der Waals surface area contributed by atoms with Crippen molar-refractivity contribution in [3.05, 3.63) is 24.3 Å². The molecule has 1 heterocycles. The number of hydrogen-bond donors (Lipinski definition) is 2. The number of carbonyl (C=O) groups excluding carboxylic acids is 3. The van der Waals surface area contributed by atoms with Crippen molar-refractivity contribution in [1.82, 2.24) is 10.2 Å². The Morgan fingerprint density at radius 1 is 1.21 bits per heavy atom. The van der Waals surface area contributed by atoms with Crippen molar-refractivity contribution in [2.45, 2.75) is 12.8 Å². The Hall–Kier alpha value is -2.61. The maximum absolute atomic E-state index is 11.7. The van der Waals surface area contributed by atoms with Gasteiger partial charge in [-0.3, -0.25) is 14.5 Å². The molecule has 1 aliphatic heterocycles. The molecule has 2 N–H and O–H groups in total. The number of nitrogens with one attached hydrogen (secondary N) is 2. The third-order valence-corrected chi connectivity index (χ3v) is 3.47. The second kappa shape index (κ2) is 8.88. The van der Waals surface area contributed by atoms with Crippen LogP contribution in [0.15, 0.2) is 24.3 Å². The standard InChI is InChI=1S/C16H21N3O5/c1-23-13-4-2-3-12(11-13)18-16(22)17-7-9-24-10-8-19-14(20)5-6-15(19)21/h2-4,11H,5-10H2,1H3,(H2,17,18,22). The molecule has 0 aliphatic carbocycles. The van der Waals surface area contributed by atoms with Crippen molar-refractivity contribution in [2.75, 3.05) is 38.7 Å². The molecule has 0 saturated carbocycles. The molecule has 1 fully saturated rings. The van der Waals surface area contributed by atoms with E-state index in [1.807, 2.05) is 0 Å². The van der Waals surface area contributed by atoms with E-state index in [0.717, 1.165) is 0 Å². The fourth-order valence-corrected chi connectivity index (χ4v) is 2.24. The lowest BCUT2D eigenvalue weighted by molar-refractivity contribution is -0.139. The third-order valence-electron chi connectivity index (χ3n) is 3.47. The molecule has 8 heteroatoms. The van der Waals surface area contributed by atoms with Gasteiger partial charge in [0.1, 0.15) is 5.75 Å². The van der Waals surface area contributed by atoms with Gasteiger partial charge in [-0.1, -0.05) is 6.07 Å². The topological polar surface area (TPSA) is 97.0 Å². The first kappa shape index (κ1) is 17.7. The highest BCUT2D eigenvalue weighted by molar-refractivity contribution is 6.01. The first-order valence-corrected chi connectivity index (χ1v) is 7.70. The SMILES string of the molecule is COc1cccc(NC(=O)NCCOCCN2C(=O)CCC2=O)c1. The molecule has 1 aromatic carbocycles. The predicted molar refractivity (Wildman–Crippen MR) is 86.8 cm³/mol. The summed E-state index contributed by atoms with van der Waals surface area (Å²) in [6.45, 7) is 1.13. The van der Waals surface area contributed by atoms with Gasteiger partial charge in [-0.25, -0.2) is 4.79 Å². The smallest absolute Gasteiger partial charge is 0.319 e. The van der Waals surface area contributed by atoms with Crippen LogP contribution in [0.4, 0.5) is 10.5 Å². The number of benzene rings is 1. The summed E-state index contributed by atoms with van der Waals surface area (Å²) in [5.74, 6) is 0.348. The first-order chi connectivity index (χ1) is 11.6. The fraction of sp³-hybridized carbons (Fsp3) is 0.438. The van der Waals surface area contributed by atoms with Crippen molar-refractivity contribution in [1.29, 1.82) is 0 Å². The zero-order valence-corrected chi connectivity index (χ0v) is 13.5. The summed E-state index contributed by atoms with van der Waals surface area (Å²) in [5.41, 5.74) is 0.624. The van der Waals surface area contributed by atoms with Crippen molar-refractivity contribution in [3.63, 3.8) is 0 Å². The van der Waals surface area contributed by atoms with E-state index in [1.54, 1.807) is 31.4 Å². The van der Waals surface area contributed by atoms with Crippen LogP contribution in [-0.2, 0) is 14.3 Å². The molecule has 8 nitrogen and oxygen atoms in total. The predicted octanol–water partition coefficient (Wildman–Crippen LogP) is 0.982. The minimum atomic E-state index is -0.350. The number of amides is 4. The van der Waals surface area contributed by atoms with Gasteiger partial charge in [-0.05, 0) is 12.1 Å². The second-order valence-electron chi connectivity index (χ2n) is 5.16. The molecule has 2 rings (SSSR count). The Kier molecular flexibility index (Phi) is 6.56. The van der Waals surface area contributed by atoms with Gasteiger partial charge >= 0.3 is 6.03 Å². The lowest BCUT2D eigenvalue weighted by Crippen LogP contribution is -2.34. The Morgan fingerprint density at radius 2 is 1.96 bits per heavy atom. The molecule has 0 spiro atoms. The van der Waals surface area contributed by atoms with Crippen LogP contribution in [0.3, 0.4) is 0 Å². The van der Waals surface area contributed by atoms with E-state index in [-0.39, 0.29) is 43.8 Å². The Labute approximate surface area is 140 Å². The summed E-state index contributed by atoms with van der Waals surface area (Å²) < 4.78 is 10.4. The maximum Gasteiger partial charge on any atom is 0.319 e. The molecular formula is C16H21N3O5. The molecule has 0 bridgehead atoms. The number of methoxy groups -OCH3 is 1. The summed E-state index contributed by atoms with van der Waals surface area (Å²) in [4.78, 5) is 35.7. The molecule has 1 aliphatic rings. The van der Waals surface area contributed by atoms with E-state index in [4.69, 9.17) is 9.47 Å². The molecule has 0 atom stereocenters. The quantitative estimate of drug-likeness (QED) is 0.545. The van der Waals surface area contributed by atoms with Gasteiger partial charge < -0.3 is 20.1 Å². The highest BCUT2D eigenvalue weighted by atomic mass is 16.5. The van der Waals surface area contributed by atoms with Gasteiger partial charge in [0, 0.05) is 31.1 Å². The Morgan fingerprint density at radius 3 is 2.67 bits per heavy atom. The Balaban J connectivity index is 1.57. The van der Waals surface area contributed by atoms with Gasteiger partial charge in [0.2, 0.25) is 11.8 Å². The molecule has 1 saturated heterocycles. The molecular weight excluding hydrogens is 314 g/mol. The lowest BCUT2D eigenvalue weighted by atomic mass is 10.3. The van der Waals surface area contributed by atoms with E-state index in [0.29, 0.717) is 24.6 Å². The average Bonchev–Trinajstić information content (AvgIpc) is 2.89. The van der Waals surface area contributed by atoms with Crippen LogP contribution in [0.1, 0.15) is 12.8 Å². The highest BCUT2D eigenvalue weighted by Gasteiger charge is 2.28. The van der Waals surface area contributed by atoms with Gasteiger partial charge in [-0.2, -0.15) is 0 Å². The van der Waals surface area contributed by atoms with Crippen molar-refractivity contribution < 1.29 is 23.9 Å². The number of carbonyl (C=O) groups is 3. The number of hydrogen-bond acceptors (Lipinski definition) is 5. The normalized spacial score (nSPS) is 14.0. The fourth-order valence-electron chi connectivity index (χ4n) is 2.24. The Bertz CT molecular complexity index is 589. The number of urea groups is 1. The molecule has 24 heavy (non-hydrogen) atoms. The van der Waals surface area contributed by atoms with Crippen LogP contribution in [-0.4, -0.2) is 56.2 Å². The van der Waals surface area contributed by atoms with E-state index < -0.39 is 0 Å². The van der Waals surface area contributed by atoms with Crippen LogP contribution in [0.25, 0.3) is 0 Å². The van der Waals surface area contributed by atoms with E-state index in [2.05, 4.69) is 10.6 Å². The van der Waals surface area contributed by atoms with Crippen LogP contribution < -0.4 is 15.4 Å². The minimum Gasteiger partial charge on any atom is -0.497 e. The molecule has 0 aromatic heterocycles. The van der Waals surface area contributed by atoms with Gasteiger partial charge in [0.25, 0.3) is 0 Å². The summed E-state index contributed by atoms with van der Waals surface area (Å²) in [6.07, 6.45) is 0.565. The number of imide groups is 1. The summed E-state index contributed by atoms with van der Waals surface area (Å²) in [6, 6.07) is 6.67. The number of likely N-dealkylation sites (tertiary alicyclic amines) is 1. The largest absolute Gasteiger partial charge is 0.497 e. The zero-order chi connectivity index (χ0) is 17.4. The zero-order valence-electron chi connectivity index (χ0n) is 13.5. The summed E-state index contributed by atoms with van der Waals surface area (Å²) in [5, 5.41) is 5.33.